The van der Waals surface area contributed by atoms with E-state index < -0.39 is 5.60 Å². The van der Waals surface area contributed by atoms with Crippen LogP contribution in [-0.4, -0.2) is 48.3 Å². The lowest BCUT2D eigenvalue weighted by Crippen LogP contribution is -2.41. The van der Waals surface area contributed by atoms with Crippen LogP contribution in [0.4, 0.5) is 4.79 Å². The zero-order valence-corrected chi connectivity index (χ0v) is 10.9. The fourth-order valence-electron chi connectivity index (χ4n) is 2.68. The van der Waals surface area contributed by atoms with Gasteiger partial charge in [0.25, 0.3) is 0 Å². The number of carbonyl (C=O) groups excluding carboxylic acids is 1. The van der Waals surface area contributed by atoms with E-state index >= 15 is 0 Å². The molecule has 98 valence electrons. The van der Waals surface area contributed by atoms with Crippen molar-refractivity contribution in [2.45, 2.75) is 44.9 Å². The van der Waals surface area contributed by atoms with Crippen LogP contribution in [0.3, 0.4) is 0 Å². The van der Waals surface area contributed by atoms with Crippen molar-refractivity contribution in [1.29, 1.82) is 0 Å². The summed E-state index contributed by atoms with van der Waals surface area (Å²) in [5, 5.41) is 3.48. The van der Waals surface area contributed by atoms with Crippen LogP contribution in [0, 0.1) is 5.92 Å². The second kappa shape index (κ2) is 4.46. The quantitative estimate of drug-likeness (QED) is 0.703. The molecule has 1 amide bonds. The summed E-state index contributed by atoms with van der Waals surface area (Å²) in [6.45, 7) is 7.90. The van der Waals surface area contributed by atoms with E-state index in [4.69, 9.17) is 10.5 Å². The molecular formula is C12H23N3O2. The van der Waals surface area contributed by atoms with Crippen molar-refractivity contribution in [1.82, 2.24) is 10.2 Å². The van der Waals surface area contributed by atoms with Crippen LogP contribution in [0.15, 0.2) is 0 Å². The summed E-state index contributed by atoms with van der Waals surface area (Å²) in [4.78, 5) is 13.7. The maximum absolute atomic E-state index is 11.9. The molecule has 5 nitrogen and oxygen atoms in total. The van der Waals surface area contributed by atoms with E-state index in [2.05, 4.69) is 5.32 Å². The molecule has 2 aliphatic heterocycles. The van der Waals surface area contributed by atoms with Gasteiger partial charge < -0.3 is 20.7 Å². The van der Waals surface area contributed by atoms with E-state index in [1.165, 1.54) is 0 Å². The van der Waals surface area contributed by atoms with Crippen LogP contribution in [0.1, 0.15) is 27.2 Å². The molecule has 0 spiro atoms. The molecule has 2 rings (SSSR count). The summed E-state index contributed by atoms with van der Waals surface area (Å²) in [6, 6.07) is 0.821. The van der Waals surface area contributed by atoms with Crippen LogP contribution < -0.4 is 11.1 Å². The minimum atomic E-state index is -0.415. The molecule has 3 unspecified atom stereocenters. The normalized spacial score (nSPS) is 32.7. The number of nitrogens with zero attached hydrogens (tertiary/aromatic N) is 1. The predicted octanol–water partition coefficient (Wildman–Crippen LogP) is 0.543. The molecule has 0 aliphatic carbocycles. The van der Waals surface area contributed by atoms with E-state index in [1.807, 2.05) is 20.8 Å². The average Bonchev–Trinajstić information content (AvgIpc) is 2.70. The largest absolute Gasteiger partial charge is 0.444 e. The molecule has 3 N–H and O–H groups in total. The first-order valence-electron chi connectivity index (χ1n) is 6.33. The van der Waals surface area contributed by atoms with E-state index in [-0.39, 0.29) is 6.09 Å². The van der Waals surface area contributed by atoms with Gasteiger partial charge in [-0.3, -0.25) is 0 Å². The molecule has 2 fully saturated rings. The van der Waals surface area contributed by atoms with Crippen molar-refractivity contribution in [2.24, 2.45) is 11.7 Å². The lowest BCUT2D eigenvalue weighted by atomic mass is 10.0. The van der Waals surface area contributed by atoms with Gasteiger partial charge in [-0.1, -0.05) is 0 Å². The Labute approximate surface area is 103 Å². The van der Waals surface area contributed by atoms with Crippen molar-refractivity contribution < 1.29 is 9.53 Å². The van der Waals surface area contributed by atoms with Gasteiger partial charge in [0.15, 0.2) is 0 Å². The molecule has 17 heavy (non-hydrogen) atoms. The zero-order valence-electron chi connectivity index (χ0n) is 10.9. The second-order valence-electron chi connectivity index (χ2n) is 6.09. The van der Waals surface area contributed by atoms with Gasteiger partial charge in [-0.05, 0) is 33.1 Å². The van der Waals surface area contributed by atoms with E-state index in [0.29, 0.717) is 24.5 Å². The summed E-state index contributed by atoms with van der Waals surface area (Å²) in [6.07, 6.45) is 0.874. The Balaban J connectivity index is 1.86. The standard InChI is InChI=1S/C12H23N3O2/c1-12(2,3)17-11(16)15-6-8-4-9(5-13)14-10(8)7-15/h8-10,14H,4-7,13H2,1-3H3. The van der Waals surface area contributed by atoms with Crippen molar-refractivity contribution in [3.05, 3.63) is 0 Å². The van der Waals surface area contributed by atoms with Gasteiger partial charge in [0.1, 0.15) is 5.60 Å². The highest BCUT2D eigenvalue weighted by Crippen LogP contribution is 2.28. The molecule has 2 aliphatic rings. The van der Waals surface area contributed by atoms with Crippen LogP contribution >= 0.6 is 0 Å². The van der Waals surface area contributed by atoms with Gasteiger partial charge in [0.2, 0.25) is 0 Å². The summed E-state index contributed by atoms with van der Waals surface area (Å²) in [5.41, 5.74) is 5.23. The Kier molecular flexibility index (Phi) is 3.32. The van der Waals surface area contributed by atoms with Crippen LogP contribution in [0.5, 0.6) is 0 Å². The molecule has 0 bridgehead atoms. The Morgan fingerprint density at radius 3 is 2.71 bits per heavy atom. The molecule has 0 radical (unpaired) electrons. The first-order valence-corrected chi connectivity index (χ1v) is 6.33. The lowest BCUT2D eigenvalue weighted by Gasteiger charge is -2.25. The van der Waals surface area contributed by atoms with Crippen LogP contribution in [0.25, 0.3) is 0 Å². The zero-order chi connectivity index (χ0) is 12.6. The monoisotopic (exact) mass is 241 g/mol. The highest BCUT2D eigenvalue weighted by Gasteiger charge is 2.42. The number of rotatable bonds is 1. The summed E-state index contributed by atoms with van der Waals surface area (Å²) in [5.74, 6) is 0.538. The summed E-state index contributed by atoms with van der Waals surface area (Å²) < 4.78 is 5.37. The SMILES string of the molecule is CC(C)(C)OC(=O)N1CC2CC(CN)NC2C1. The van der Waals surface area contributed by atoms with Crippen LogP contribution in [0.2, 0.25) is 0 Å². The molecule has 0 saturated carbocycles. The van der Waals surface area contributed by atoms with Crippen molar-refractivity contribution in [3.8, 4) is 0 Å². The summed E-state index contributed by atoms with van der Waals surface area (Å²) in [7, 11) is 0. The average molecular weight is 241 g/mol. The Bertz CT molecular complexity index is 287. The molecule has 2 heterocycles. The maximum atomic E-state index is 11.9. The number of hydrogen-bond donors (Lipinski definition) is 2. The van der Waals surface area contributed by atoms with Gasteiger partial charge in [-0.2, -0.15) is 0 Å². The molecule has 5 heteroatoms. The first kappa shape index (κ1) is 12.6. The predicted molar refractivity (Wildman–Crippen MR) is 65.7 cm³/mol. The third-order valence-corrected chi connectivity index (χ3v) is 3.41. The summed E-state index contributed by atoms with van der Waals surface area (Å²) >= 11 is 0. The number of hydrogen-bond acceptors (Lipinski definition) is 4. The number of ether oxygens (including phenoxy) is 1. The Morgan fingerprint density at radius 1 is 1.47 bits per heavy atom. The third kappa shape index (κ3) is 2.90. The molecule has 2 saturated heterocycles. The van der Waals surface area contributed by atoms with Crippen molar-refractivity contribution in [2.75, 3.05) is 19.6 Å². The van der Waals surface area contributed by atoms with Gasteiger partial charge in [-0.15, -0.1) is 0 Å². The van der Waals surface area contributed by atoms with E-state index in [1.54, 1.807) is 4.90 Å². The first-order chi connectivity index (χ1) is 7.89. The lowest BCUT2D eigenvalue weighted by molar-refractivity contribution is 0.0281. The number of fused-ring (bicyclic) bond motifs is 1. The third-order valence-electron chi connectivity index (χ3n) is 3.41. The minimum absolute atomic E-state index is 0.196. The van der Waals surface area contributed by atoms with Gasteiger partial charge in [0.05, 0.1) is 0 Å². The fourth-order valence-corrected chi connectivity index (χ4v) is 2.68. The number of carbonyl (C=O) groups is 1. The smallest absolute Gasteiger partial charge is 0.410 e. The highest BCUT2D eigenvalue weighted by atomic mass is 16.6. The highest BCUT2D eigenvalue weighted by molar-refractivity contribution is 5.68. The molecule has 0 aromatic heterocycles. The number of nitrogens with one attached hydrogen (secondary N) is 1. The van der Waals surface area contributed by atoms with Gasteiger partial charge >= 0.3 is 6.09 Å². The maximum Gasteiger partial charge on any atom is 0.410 e. The molecule has 3 atom stereocenters. The molecular weight excluding hydrogens is 218 g/mol. The van der Waals surface area contributed by atoms with Gasteiger partial charge in [0, 0.05) is 31.7 Å². The number of likely N-dealkylation sites (tertiary alicyclic amines) is 1. The van der Waals surface area contributed by atoms with Gasteiger partial charge in [-0.25, -0.2) is 4.79 Å². The van der Waals surface area contributed by atoms with E-state index in [9.17, 15) is 4.79 Å². The van der Waals surface area contributed by atoms with Crippen LogP contribution in [-0.2, 0) is 4.74 Å². The Hall–Kier alpha value is -0.810. The number of nitrogens with two attached hydrogens (primary N) is 1. The Morgan fingerprint density at radius 2 is 2.18 bits per heavy atom. The fraction of sp³-hybridized carbons (Fsp3) is 0.917. The number of amides is 1. The minimum Gasteiger partial charge on any atom is -0.444 e. The molecule has 0 aromatic rings. The topological polar surface area (TPSA) is 67.6 Å². The van der Waals surface area contributed by atoms with E-state index in [0.717, 1.165) is 19.5 Å². The van der Waals surface area contributed by atoms with Crippen molar-refractivity contribution >= 4 is 6.09 Å². The molecule has 0 aromatic carbocycles. The van der Waals surface area contributed by atoms with Crippen molar-refractivity contribution in [3.63, 3.8) is 0 Å². The second-order valence-corrected chi connectivity index (χ2v) is 6.09.